The maximum atomic E-state index is 4.61. The van der Waals surface area contributed by atoms with Crippen molar-refractivity contribution < 1.29 is 96.7 Å². The Balaban J connectivity index is -0.00000000500. The number of halogens is 2. The molecule has 0 atom stereocenters. The summed E-state index contributed by atoms with van der Waals surface area (Å²) in [4.78, 5) is 0. The fraction of sp³-hybridized carbons (Fsp3) is 0. The molecule has 0 aliphatic carbocycles. The van der Waals surface area contributed by atoms with Crippen molar-refractivity contribution in [3.63, 3.8) is 0 Å². The molecule has 6 heavy (non-hydrogen) atoms. The molecular formula is Cl2Na2Pt2. The Bertz CT molecular complexity index is 9.51. The molecule has 0 rings (SSSR count). The van der Waals surface area contributed by atoms with Crippen LogP contribution in [0.1, 0.15) is 0 Å². The van der Waals surface area contributed by atoms with Crippen LogP contribution in [-0.2, 0) is 37.5 Å². The van der Waals surface area contributed by atoms with Gasteiger partial charge < -0.3 is 0 Å². The van der Waals surface area contributed by atoms with Crippen molar-refractivity contribution in [1.82, 2.24) is 0 Å². The minimum atomic E-state index is 0. The van der Waals surface area contributed by atoms with Crippen LogP contribution in [0, 0.1) is 0 Å². The van der Waals surface area contributed by atoms with Gasteiger partial charge >= 0.3 is 115 Å². The molecule has 0 radical (unpaired) electrons. The summed E-state index contributed by atoms with van der Waals surface area (Å²) in [5.41, 5.74) is 0. The summed E-state index contributed by atoms with van der Waals surface area (Å²) in [6.07, 6.45) is 0. The first-order valence-electron chi connectivity index (χ1n) is 0.239. The van der Waals surface area contributed by atoms with Crippen molar-refractivity contribution in [2.45, 2.75) is 0 Å². The Kier molecular flexibility index (Phi) is 136. The molecule has 0 saturated heterocycles. The minimum absolute atomic E-state index is 0. The molecule has 0 bridgehead atoms. The summed E-state index contributed by atoms with van der Waals surface area (Å²) < 4.78 is 0. The van der Waals surface area contributed by atoms with E-state index in [4.69, 9.17) is 0 Å². The molecule has 0 aromatic carbocycles. The quantitative estimate of drug-likeness (QED) is 0.290. The van der Waals surface area contributed by atoms with Gasteiger partial charge in [0.25, 0.3) is 0 Å². The van der Waals surface area contributed by atoms with Crippen LogP contribution in [0.4, 0.5) is 0 Å². The van der Waals surface area contributed by atoms with Gasteiger partial charge in [0.05, 0.1) is 0 Å². The molecule has 0 aliphatic rings. The summed E-state index contributed by atoms with van der Waals surface area (Å²) in [7, 11) is 9.22. The third kappa shape index (κ3) is 24.6. The molecule has 0 aromatic heterocycles. The summed E-state index contributed by atoms with van der Waals surface area (Å²) >= 11 is 3.22. The molecule has 0 aromatic rings. The Morgan fingerprint density at radius 3 is 0.667 bits per heavy atom. The van der Waals surface area contributed by atoms with E-state index in [1.165, 1.54) is 0 Å². The van der Waals surface area contributed by atoms with Crippen molar-refractivity contribution in [1.29, 1.82) is 0 Å². The molecule has 0 fully saturated rings. The van der Waals surface area contributed by atoms with E-state index in [1.807, 2.05) is 0 Å². The monoisotopic (exact) mass is 506 g/mol. The van der Waals surface area contributed by atoms with E-state index in [9.17, 15) is 0 Å². The molecule has 0 spiro atoms. The molecule has 0 aliphatic heterocycles. The molecule has 0 N–H and O–H groups in total. The minimum Gasteiger partial charge on any atom is 1.00 e. The zero-order valence-corrected chi connectivity index (χ0v) is 13.4. The predicted molar refractivity (Wildman–Crippen MR) is 11.7 cm³/mol. The zero-order valence-electron chi connectivity index (χ0n) is 3.39. The molecule has 36 valence electrons. The fourth-order valence-corrected chi connectivity index (χ4v) is 0. The second-order valence-electron chi connectivity index (χ2n) is 0. The summed E-state index contributed by atoms with van der Waals surface area (Å²) in [5.74, 6) is 0. The van der Waals surface area contributed by atoms with E-state index in [-0.39, 0.29) is 59.1 Å². The number of hydrogen-bond acceptors (Lipinski definition) is 0. The van der Waals surface area contributed by atoms with Crippen LogP contribution in [0.3, 0.4) is 0 Å². The van der Waals surface area contributed by atoms with E-state index < -0.39 is 0 Å². The first kappa shape index (κ1) is 22.5. The van der Waals surface area contributed by atoms with Crippen LogP contribution in [0.25, 0.3) is 0 Å². The average Bonchev–Trinajstić information content (AvgIpc) is 1.50. The van der Waals surface area contributed by atoms with Crippen molar-refractivity contribution in [2.24, 2.45) is 0 Å². The van der Waals surface area contributed by atoms with Crippen LogP contribution < -0.4 is 59.1 Å². The van der Waals surface area contributed by atoms with Gasteiger partial charge in [0.2, 0.25) is 0 Å². The molecule has 0 amide bonds. The van der Waals surface area contributed by atoms with Crippen LogP contribution >= 0.6 is 18.8 Å². The van der Waals surface area contributed by atoms with Gasteiger partial charge in [-0.25, -0.2) is 0 Å². The van der Waals surface area contributed by atoms with Gasteiger partial charge in [-0.05, 0) is 0 Å². The van der Waals surface area contributed by atoms with Gasteiger partial charge in [-0.3, -0.25) is 0 Å². The standard InChI is InChI=1S/2ClH.2Na.2Pt/h2*1H;;;;/q;;2*+1;;/p-2. The summed E-state index contributed by atoms with van der Waals surface area (Å²) in [6.45, 7) is 0. The van der Waals surface area contributed by atoms with Crippen molar-refractivity contribution in [3.8, 4) is 0 Å². The summed E-state index contributed by atoms with van der Waals surface area (Å²) in [5, 5.41) is 0. The summed E-state index contributed by atoms with van der Waals surface area (Å²) in [6, 6.07) is 0. The molecule has 6 heteroatoms. The smallest absolute Gasteiger partial charge is 1.00 e. The largest absolute Gasteiger partial charge is 1.00 e. The van der Waals surface area contributed by atoms with Gasteiger partial charge in [-0.1, -0.05) is 0 Å². The normalized spacial score (nSPS) is 2.33. The van der Waals surface area contributed by atoms with E-state index in [0.717, 1.165) is 0 Å². The van der Waals surface area contributed by atoms with Crippen LogP contribution in [-0.4, -0.2) is 0 Å². The van der Waals surface area contributed by atoms with Gasteiger partial charge in [0, 0.05) is 0 Å². The first-order chi connectivity index (χ1) is 2.00. The van der Waals surface area contributed by atoms with Gasteiger partial charge in [0.15, 0.2) is 0 Å². The fourth-order valence-electron chi connectivity index (χ4n) is 0. The van der Waals surface area contributed by atoms with E-state index in [0.29, 0.717) is 0 Å². The van der Waals surface area contributed by atoms with Gasteiger partial charge in [-0.15, -0.1) is 0 Å². The SMILES string of the molecule is [Cl][Pt-].[Cl][Pt-].[Na+].[Na+]. The third-order valence-electron chi connectivity index (χ3n) is 0. The molecule has 0 nitrogen and oxygen atoms in total. The van der Waals surface area contributed by atoms with Crippen molar-refractivity contribution in [3.05, 3.63) is 0 Å². The molecule has 0 saturated carbocycles. The van der Waals surface area contributed by atoms with Gasteiger partial charge in [-0.2, -0.15) is 0 Å². The van der Waals surface area contributed by atoms with Crippen molar-refractivity contribution >= 4 is 18.8 Å². The average molecular weight is 507 g/mol. The van der Waals surface area contributed by atoms with E-state index in [2.05, 4.69) is 18.8 Å². The Morgan fingerprint density at radius 2 is 0.667 bits per heavy atom. The third-order valence-corrected chi connectivity index (χ3v) is 0. The van der Waals surface area contributed by atoms with Crippen LogP contribution in [0.15, 0.2) is 0 Å². The second kappa shape index (κ2) is 36.2. The maximum Gasteiger partial charge on any atom is 1.00 e. The van der Waals surface area contributed by atoms with E-state index in [1.54, 1.807) is 37.5 Å². The number of hydrogen-bond donors (Lipinski definition) is 0. The van der Waals surface area contributed by atoms with Crippen molar-refractivity contribution in [2.75, 3.05) is 0 Å². The molecule has 0 heterocycles. The zero-order chi connectivity index (χ0) is 4.00. The van der Waals surface area contributed by atoms with Crippen LogP contribution in [0.2, 0.25) is 0 Å². The molecular weight excluding hydrogens is 507 g/mol. The first-order valence-corrected chi connectivity index (χ1v) is 5.87. The van der Waals surface area contributed by atoms with Crippen LogP contribution in [0.5, 0.6) is 0 Å². The maximum absolute atomic E-state index is 4.61. The Labute approximate surface area is 113 Å². The van der Waals surface area contributed by atoms with Gasteiger partial charge in [0.1, 0.15) is 0 Å². The predicted octanol–water partition coefficient (Wildman–Crippen LogP) is -4.62. The number of rotatable bonds is 0. The van der Waals surface area contributed by atoms with E-state index >= 15 is 0 Å². The Hall–Kier alpha value is 3.96. The topological polar surface area (TPSA) is 0 Å². The Morgan fingerprint density at radius 1 is 0.667 bits per heavy atom. The second-order valence-corrected chi connectivity index (χ2v) is 0. The molecule has 0 unspecified atom stereocenters.